The number of nitrogens with one attached hydrogen (secondary N) is 1. The molecule has 1 heterocycles. The zero-order chi connectivity index (χ0) is 32.2. The van der Waals surface area contributed by atoms with Crippen molar-refractivity contribution >= 4 is 12.1 Å². The first kappa shape index (κ1) is 29.7. The van der Waals surface area contributed by atoms with E-state index in [4.69, 9.17) is 4.74 Å². The second-order valence-electron chi connectivity index (χ2n) is 11.6. The van der Waals surface area contributed by atoms with Crippen molar-refractivity contribution in [1.29, 1.82) is 0 Å². The van der Waals surface area contributed by atoms with Crippen molar-refractivity contribution in [2.75, 3.05) is 6.61 Å². The van der Waals surface area contributed by atoms with E-state index in [2.05, 4.69) is 58.8 Å². The van der Waals surface area contributed by atoms with E-state index in [9.17, 15) is 14.7 Å². The number of carbonyl (C=O) groups is 2. The first-order valence-electron chi connectivity index (χ1n) is 15.6. The maximum Gasteiger partial charge on any atom is 0.407 e. The fourth-order valence-corrected chi connectivity index (χ4v) is 6.92. The van der Waals surface area contributed by atoms with Crippen LogP contribution in [0.3, 0.4) is 0 Å². The van der Waals surface area contributed by atoms with Gasteiger partial charge in [-0.05, 0) is 38.9 Å². The van der Waals surface area contributed by atoms with Gasteiger partial charge in [0.1, 0.15) is 18.2 Å². The lowest BCUT2D eigenvalue weighted by atomic mass is 9.76. The van der Waals surface area contributed by atoms with E-state index in [1.165, 1.54) is 0 Å². The van der Waals surface area contributed by atoms with Crippen LogP contribution in [-0.4, -0.2) is 39.4 Å². The molecule has 232 valence electrons. The summed E-state index contributed by atoms with van der Waals surface area (Å²) in [6.07, 6.45) is 2.59. The molecule has 2 N–H and O–H groups in total. The molecule has 7 heteroatoms. The molecule has 1 aliphatic carbocycles. The Morgan fingerprint density at radius 2 is 1.19 bits per heavy atom. The highest BCUT2D eigenvalue weighted by molar-refractivity contribution is 5.81. The van der Waals surface area contributed by atoms with Crippen LogP contribution in [0.5, 0.6) is 0 Å². The number of carboxylic acid groups (broad SMARTS) is 1. The monoisotopic (exact) mass is 619 g/mol. The highest BCUT2D eigenvalue weighted by Crippen LogP contribution is 2.45. The molecule has 1 aliphatic rings. The molecule has 1 atom stereocenters. The predicted octanol–water partition coefficient (Wildman–Crippen LogP) is 7.26. The largest absolute Gasteiger partial charge is 0.480 e. The van der Waals surface area contributed by atoms with E-state index in [0.29, 0.717) is 5.69 Å². The summed E-state index contributed by atoms with van der Waals surface area (Å²) < 4.78 is 7.73. The third-order valence-corrected chi connectivity index (χ3v) is 9.00. The normalized spacial score (nSPS) is 12.9. The van der Waals surface area contributed by atoms with Crippen molar-refractivity contribution in [3.05, 3.63) is 186 Å². The third kappa shape index (κ3) is 5.46. The van der Waals surface area contributed by atoms with Gasteiger partial charge >= 0.3 is 12.1 Å². The highest BCUT2D eigenvalue weighted by atomic mass is 16.5. The van der Waals surface area contributed by atoms with Crippen LogP contribution in [0.4, 0.5) is 4.79 Å². The van der Waals surface area contributed by atoms with E-state index in [0.717, 1.165) is 38.9 Å². The number of hydrogen-bond acceptors (Lipinski definition) is 4. The van der Waals surface area contributed by atoms with Gasteiger partial charge in [0, 0.05) is 24.2 Å². The third-order valence-electron chi connectivity index (χ3n) is 9.00. The topological polar surface area (TPSA) is 93.5 Å². The minimum atomic E-state index is -1.26. The first-order chi connectivity index (χ1) is 23.1. The second-order valence-corrected chi connectivity index (χ2v) is 11.6. The summed E-state index contributed by atoms with van der Waals surface area (Å²) in [7, 11) is 0. The number of carboxylic acids is 1. The minimum Gasteiger partial charge on any atom is -0.480 e. The van der Waals surface area contributed by atoms with Crippen LogP contribution < -0.4 is 5.32 Å². The number of imidazole rings is 1. The minimum absolute atomic E-state index is 0.0201. The molecule has 7 nitrogen and oxygen atoms in total. The molecule has 0 aliphatic heterocycles. The quantitative estimate of drug-likeness (QED) is 0.158. The van der Waals surface area contributed by atoms with Crippen molar-refractivity contribution in [3.63, 3.8) is 0 Å². The van der Waals surface area contributed by atoms with Gasteiger partial charge in [-0.1, -0.05) is 140 Å². The van der Waals surface area contributed by atoms with Gasteiger partial charge in [-0.3, -0.25) is 0 Å². The number of alkyl carbamates (subject to hydrolysis) is 1. The summed E-state index contributed by atoms with van der Waals surface area (Å²) >= 11 is 0. The molecular weight excluding hydrogens is 586 g/mol. The average Bonchev–Trinajstić information content (AvgIpc) is 3.71. The van der Waals surface area contributed by atoms with Gasteiger partial charge < -0.3 is 19.7 Å². The number of aromatic nitrogens is 2. The van der Waals surface area contributed by atoms with Crippen LogP contribution in [0.2, 0.25) is 0 Å². The molecule has 1 amide bonds. The van der Waals surface area contributed by atoms with Crippen molar-refractivity contribution in [2.24, 2.45) is 0 Å². The molecule has 1 aromatic heterocycles. The molecule has 0 saturated carbocycles. The number of nitrogens with zero attached hydrogens (tertiary/aromatic N) is 2. The maximum atomic E-state index is 13.2. The Balaban J connectivity index is 1.19. The summed E-state index contributed by atoms with van der Waals surface area (Å²) in [5, 5.41) is 12.9. The molecule has 5 aromatic carbocycles. The van der Waals surface area contributed by atoms with Gasteiger partial charge in [0.15, 0.2) is 0 Å². The summed E-state index contributed by atoms with van der Waals surface area (Å²) in [6.45, 7) is 0.0866. The number of ether oxygens (including phenoxy) is 1. The number of rotatable bonds is 10. The molecule has 6 aromatic rings. The summed E-state index contributed by atoms with van der Waals surface area (Å²) in [6, 6.07) is 45.1. The standard InChI is InChI=1S/C40H33N3O4/c44-38(45)37(42-39(46)47-26-36-34-22-12-10-20-32(34)33-21-11-13-23-35(33)36)24-31-25-41-27-43(31)40(28-14-4-1-5-15-28,29-16-6-2-7-17-29)30-18-8-3-9-19-30/h1-23,25,27,36-37H,24,26H2,(H,42,46)(H,44,45)/t37-/m0/s1. The number of amides is 1. The molecule has 47 heavy (non-hydrogen) atoms. The lowest BCUT2D eigenvalue weighted by Crippen LogP contribution is -2.44. The van der Waals surface area contributed by atoms with Crippen LogP contribution >= 0.6 is 0 Å². The summed E-state index contributed by atoms with van der Waals surface area (Å²) in [5.74, 6) is -1.31. The van der Waals surface area contributed by atoms with Gasteiger partial charge in [0.2, 0.25) is 0 Å². The molecule has 0 unspecified atom stereocenters. The molecular formula is C40H33N3O4. The maximum absolute atomic E-state index is 13.2. The zero-order valence-electron chi connectivity index (χ0n) is 25.6. The molecule has 0 saturated heterocycles. The van der Waals surface area contributed by atoms with Crippen molar-refractivity contribution in [1.82, 2.24) is 14.9 Å². The smallest absolute Gasteiger partial charge is 0.407 e. The highest BCUT2D eigenvalue weighted by Gasteiger charge is 2.40. The molecule has 7 rings (SSSR count). The summed E-state index contributed by atoms with van der Waals surface area (Å²) in [5.41, 5.74) is 7.10. The zero-order valence-corrected chi connectivity index (χ0v) is 25.6. The van der Waals surface area contributed by atoms with Gasteiger partial charge in [-0.2, -0.15) is 0 Å². The van der Waals surface area contributed by atoms with E-state index < -0.39 is 23.6 Å². The number of aliphatic carboxylic acids is 1. The Kier molecular flexibility index (Phi) is 8.11. The van der Waals surface area contributed by atoms with Crippen LogP contribution in [0.1, 0.15) is 39.4 Å². The Morgan fingerprint density at radius 3 is 1.68 bits per heavy atom. The van der Waals surface area contributed by atoms with Gasteiger partial charge in [-0.25, -0.2) is 14.6 Å². The number of benzene rings is 5. The van der Waals surface area contributed by atoms with Crippen molar-refractivity contribution < 1.29 is 19.4 Å². The van der Waals surface area contributed by atoms with E-state index >= 15 is 0 Å². The first-order valence-corrected chi connectivity index (χ1v) is 15.6. The lowest BCUT2D eigenvalue weighted by Gasteiger charge is -2.39. The van der Waals surface area contributed by atoms with Gasteiger partial charge in [0.05, 0.1) is 6.33 Å². The van der Waals surface area contributed by atoms with Crippen molar-refractivity contribution in [3.8, 4) is 11.1 Å². The Bertz CT molecular complexity index is 1870. The van der Waals surface area contributed by atoms with Gasteiger partial charge in [0.25, 0.3) is 0 Å². The fourth-order valence-electron chi connectivity index (χ4n) is 6.92. The number of hydrogen-bond donors (Lipinski definition) is 2. The second kappa shape index (κ2) is 12.8. The van der Waals surface area contributed by atoms with Crippen LogP contribution in [0.25, 0.3) is 11.1 Å². The van der Waals surface area contributed by atoms with E-state index in [-0.39, 0.29) is 18.9 Å². The fraction of sp³-hybridized carbons (Fsp3) is 0.125. The lowest BCUT2D eigenvalue weighted by molar-refractivity contribution is -0.139. The molecule has 0 bridgehead atoms. The van der Waals surface area contributed by atoms with Crippen LogP contribution in [0, 0.1) is 0 Å². The van der Waals surface area contributed by atoms with E-state index in [1.807, 2.05) is 95.6 Å². The van der Waals surface area contributed by atoms with Gasteiger partial charge in [-0.15, -0.1) is 0 Å². The Hall–Kier alpha value is -5.95. The average molecular weight is 620 g/mol. The Labute approximate surface area is 273 Å². The molecule has 0 fully saturated rings. The Morgan fingerprint density at radius 1 is 0.723 bits per heavy atom. The van der Waals surface area contributed by atoms with Crippen molar-refractivity contribution in [2.45, 2.75) is 23.9 Å². The van der Waals surface area contributed by atoms with E-state index in [1.54, 1.807) is 12.5 Å². The van der Waals surface area contributed by atoms with Crippen LogP contribution in [-0.2, 0) is 21.5 Å². The molecule has 0 spiro atoms. The predicted molar refractivity (Wildman–Crippen MR) is 180 cm³/mol. The summed E-state index contributed by atoms with van der Waals surface area (Å²) in [4.78, 5) is 30.3. The van der Waals surface area contributed by atoms with Crippen LogP contribution in [0.15, 0.2) is 152 Å². The number of fused-ring (bicyclic) bond motifs is 3. The molecule has 0 radical (unpaired) electrons. The SMILES string of the molecule is O=C(N[C@@H](Cc1cncn1C(c1ccccc1)(c1ccccc1)c1ccccc1)C(=O)O)OCC1c2ccccc2-c2ccccc21. The number of carbonyl (C=O) groups excluding carboxylic acids is 1.